The van der Waals surface area contributed by atoms with Crippen molar-refractivity contribution in [2.75, 3.05) is 18.0 Å². The maximum atomic E-state index is 12.5. The van der Waals surface area contributed by atoms with Crippen molar-refractivity contribution >= 4 is 29.1 Å². The summed E-state index contributed by atoms with van der Waals surface area (Å²) in [7, 11) is 0. The Hall–Kier alpha value is -3.46. The average Bonchev–Trinajstić information content (AvgIpc) is 3.24. The quantitative estimate of drug-likeness (QED) is 0.495. The van der Waals surface area contributed by atoms with E-state index in [1.807, 2.05) is 30.3 Å². The van der Waals surface area contributed by atoms with Crippen molar-refractivity contribution in [3.8, 4) is 11.3 Å². The monoisotopic (exact) mass is 406 g/mol. The molecule has 146 valence electrons. The van der Waals surface area contributed by atoms with Crippen LogP contribution in [0.25, 0.3) is 11.3 Å². The van der Waals surface area contributed by atoms with Crippen molar-refractivity contribution < 1.29 is 4.79 Å². The van der Waals surface area contributed by atoms with Crippen LogP contribution in [0, 0.1) is 0 Å². The van der Waals surface area contributed by atoms with Crippen molar-refractivity contribution in [3.63, 3.8) is 0 Å². The van der Waals surface area contributed by atoms with E-state index in [-0.39, 0.29) is 22.5 Å². The predicted octanol–water partition coefficient (Wildman–Crippen LogP) is 2.14. The van der Waals surface area contributed by atoms with E-state index in [1.165, 1.54) is 5.01 Å². The third-order valence-corrected chi connectivity index (χ3v) is 5.27. The molecule has 1 amide bonds. The number of nitrogens with one attached hydrogen (secondary N) is 1. The fourth-order valence-corrected chi connectivity index (χ4v) is 3.62. The molecule has 1 aliphatic heterocycles. The number of nitrogens with zero attached hydrogens (tertiary/aromatic N) is 4. The molecule has 0 fully saturated rings. The minimum atomic E-state index is -0.404. The fourth-order valence-electron chi connectivity index (χ4n) is 2.95. The summed E-state index contributed by atoms with van der Waals surface area (Å²) >= 11 is 1.11. The lowest BCUT2D eigenvalue weighted by Crippen LogP contribution is -2.25. The van der Waals surface area contributed by atoms with Crippen LogP contribution in [0.15, 0.2) is 69.6 Å². The number of amides is 1. The predicted molar refractivity (Wildman–Crippen MR) is 113 cm³/mol. The summed E-state index contributed by atoms with van der Waals surface area (Å²) in [6, 6.07) is 16.7. The van der Waals surface area contributed by atoms with Gasteiger partial charge in [0, 0.05) is 17.7 Å². The maximum absolute atomic E-state index is 12.5. The molecular weight excluding hydrogens is 388 g/mol. The van der Waals surface area contributed by atoms with Crippen molar-refractivity contribution in [1.29, 1.82) is 0 Å². The van der Waals surface area contributed by atoms with E-state index >= 15 is 0 Å². The van der Waals surface area contributed by atoms with Crippen LogP contribution >= 0.6 is 11.8 Å². The van der Waals surface area contributed by atoms with Crippen LogP contribution in [0.1, 0.15) is 12.0 Å². The Balaban J connectivity index is 1.41. The second kappa shape index (κ2) is 8.27. The van der Waals surface area contributed by atoms with E-state index in [0.717, 1.165) is 23.0 Å². The lowest BCUT2D eigenvalue weighted by atomic mass is 10.1. The van der Waals surface area contributed by atoms with Crippen molar-refractivity contribution in [2.24, 2.45) is 5.10 Å². The number of nitrogen functional groups attached to an aromatic ring is 1. The number of thioether (sulfide) groups is 1. The SMILES string of the molecule is Nc1ccccc1-c1nnc(SCC(=O)N2CCC(c3ccccc3)=N2)[nH]c1=O. The average molecular weight is 406 g/mol. The molecule has 0 unspecified atom stereocenters. The van der Waals surface area contributed by atoms with Gasteiger partial charge in [-0.2, -0.15) is 5.10 Å². The Morgan fingerprint density at radius 2 is 1.86 bits per heavy atom. The zero-order valence-corrected chi connectivity index (χ0v) is 16.2. The number of hydrazone groups is 1. The van der Waals surface area contributed by atoms with Crippen LogP contribution in [-0.2, 0) is 4.79 Å². The second-order valence-corrected chi connectivity index (χ2v) is 7.33. The van der Waals surface area contributed by atoms with E-state index in [2.05, 4.69) is 20.3 Å². The first-order valence-electron chi connectivity index (χ1n) is 9.00. The normalized spacial score (nSPS) is 13.4. The van der Waals surface area contributed by atoms with Gasteiger partial charge < -0.3 is 5.73 Å². The zero-order valence-electron chi connectivity index (χ0n) is 15.4. The fraction of sp³-hybridized carbons (Fsp3) is 0.150. The Morgan fingerprint density at radius 3 is 2.62 bits per heavy atom. The first-order chi connectivity index (χ1) is 14.1. The molecule has 0 radical (unpaired) electrons. The lowest BCUT2D eigenvalue weighted by molar-refractivity contribution is -0.127. The number of carbonyl (C=O) groups excluding carboxylic acids is 1. The molecule has 8 nitrogen and oxygen atoms in total. The molecule has 0 bridgehead atoms. The third-order valence-electron chi connectivity index (χ3n) is 4.42. The molecule has 3 aromatic rings. The summed E-state index contributed by atoms with van der Waals surface area (Å²) in [5.74, 6) is -0.0526. The molecular formula is C20H18N6O2S. The van der Waals surface area contributed by atoms with Gasteiger partial charge in [0.1, 0.15) is 0 Å². The number of aromatic amines is 1. The van der Waals surface area contributed by atoms with Crippen LogP contribution < -0.4 is 11.3 Å². The van der Waals surface area contributed by atoms with Gasteiger partial charge >= 0.3 is 0 Å². The lowest BCUT2D eigenvalue weighted by Gasteiger charge is -2.10. The summed E-state index contributed by atoms with van der Waals surface area (Å²) in [5, 5.41) is 14.1. The Kier molecular flexibility index (Phi) is 5.39. The number of hydrogen-bond acceptors (Lipinski definition) is 7. The number of aromatic nitrogens is 3. The molecule has 0 saturated heterocycles. The van der Waals surface area contributed by atoms with E-state index in [9.17, 15) is 9.59 Å². The Labute approximate surface area is 170 Å². The van der Waals surface area contributed by atoms with Crippen LogP contribution in [0.5, 0.6) is 0 Å². The zero-order chi connectivity index (χ0) is 20.2. The van der Waals surface area contributed by atoms with Gasteiger partial charge in [0.25, 0.3) is 11.5 Å². The molecule has 2 heterocycles. The molecule has 4 rings (SSSR count). The number of carbonyl (C=O) groups is 1. The largest absolute Gasteiger partial charge is 0.398 e. The molecule has 0 aliphatic carbocycles. The molecule has 0 spiro atoms. The maximum Gasteiger partial charge on any atom is 0.278 e. The van der Waals surface area contributed by atoms with Gasteiger partial charge in [0.2, 0.25) is 0 Å². The summed E-state index contributed by atoms with van der Waals surface area (Å²) in [5.41, 5.74) is 8.51. The molecule has 0 atom stereocenters. The minimum absolute atomic E-state index is 0.100. The van der Waals surface area contributed by atoms with E-state index in [1.54, 1.807) is 24.3 Å². The van der Waals surface area contributed by atoms with E-state index in [0.29, 0.717) is 24.2 Å². The number of anilines is 1. The molecule has 3 N–H and O–H groups in total. The first-order valence-corrected chi connectivity index (χ1v) is 9.98. The van der Waals surface area contributed by atoms with Crippen molar-refractivity contribution in [3.05, 3.63) is 70.5 Å². The molecule has 29 heavy (non-hydrogen) atoms. The summed E-state index contributed by atoms with van der Waals surface area (Å²) < 4.78 is 0. The van der Waals surface area contributed by atoms with Crippen LogP contribution in [0.3, 0.4) is 0 Å². The highest BCUT2D eigenvalue weighted by Gasteiger charge is 2.22. The van der Waals surface area contributed by atoms with Gasteiger partial charge in [-0.3, -0.25) is 14.6 Å². The van der Waals surface area contributed by atoms with Gasteiger partial charge in [0.15, 0.2) is 10.9 Å². The molecule has 9 heteroatoms. The topological polar surface area (TPSA) is 117 Å². The highest BCUT2D eigenvalue weighted by molar-refractivity contribution is 7.99. The minimum Gasteiger partial charge on any atom is -0.398 e. The highest BCUT2D eigenvalue weighted by Crippen LogP contribution is 2.21. The number of rotatable bonds is 5. The van der Waals surface area contributed by atoms with Crippen LogP contribution in [0.2, 0.25) is 0 Å². The second-order valence-electron chi connectivity index (χ2n) is 6.36. The first kappa shape index (κ1) is 18.9. The summed E-state index contributed by atoms with van der Waals surface area (Å²) in [4.78, 5) is 27.5. The van der Waals surface area contributed by atoms with Crippen LogP contribution in [0.4, 0.5) is 5.69 Å². The number of benzene rings is 2. The summed E-state index contributed by atoms with van der Waals surface area (Å²) in [6.45, 7) is 0.540. The van der Waals surface area contributed by atoms with Crippen LogP contribution in [-0.4, -0.2) is 44.1 Å². The Bertz CT molecular complexity index is 1130. The molecule has 1 aliphatic rings. The van der Waals surface area contributed by atoms with E-state index in [4.69, 9.17) is 5.73 Å². The van der Waals surface area contributed by atoms with Gasteiger partial charge in [-0.15, -0.1) is 10.2 Å². The highest BCUT2D eigenvalue weighted by atomic mass is 32.2. The number of hydrogen-bond donors (Lipinski definition) is 2. The van der Waals surface area contributed by atoms with Gasteiger partial charge in [0.05, 0.1) is 18.0 Å². The standard InChI is InChI=1S/C20H18N6O2S/c21-15-9-5-4-8-14(15)18-19(28)22-20(24-23-18)29-12-17(27)26-11-10-16(25-26)13-6-2-1-3-7-13/h1-9H,10-12,21H2,(H,22,24,28). The molecule has 1 aromatic heterocycles. The Morgan fingerprint density at radius 1 is 1.10 bits per heavy atom. The third kappa shape index (κ3) is 4.19. The van der Waals surface area contributed by atoms with Crippen molar-refractivity contribution in [2.45, 2.75) is 11.6 Å². The van der Waals surface area contributed by atoms with Gasteiger partial charge in [-0.1, -0.05) is 60.3 Å². The van der Waals surface area contributed by atoms with Gasteiger partial charge in [-0.05, 0) is 11.6 Å². The molecule has 0 saturated carbocycles. The summed E-state index contributed by atoms with van der Waals surface area (Å²) in [6.07, 6.45) is 0.713. The number of para-hydroxylation sites is 1. The molecule has 2 aromatic carbocycles. The number of nitrogens with two attached hydrogens (primary N) is 1. The van der Waals surface area contributed by atoms with Gasteiger partial charge in [-0.25, -0.2) is 5.01 Å². The number of H-pyrrole nitrogens is 1. The van der Waals surface area contributed by atoms with E-state index < -0.39 is 5.56 Å². The smallest absolute Gasteiger partial charge is 0.278 e. The van der Waals surface area contributed by atoms with Crippen molar-refractivity contribution in [1.82, 2.24) is 20.2 Å².